The quantitative estimate of drug-likeness (QED) is 0.788. The lowest BCUT2D eigenvalue weighted by Crippen LogP contribution is -2.50. The zero-order valence-corrected chi connectivity index (χ0v) is 14.6. The third kappa shape index (κ3) is 2.43. The highest BCUT2D eigenvalue weighted by molar-refractivity contribution is 6.01. The molecule has 5 rings (SSSR count). The fourth-order valence-electron chi connectivity index (χ4n) is 4.47. The summed E-state index contributed by atoms with van der Waals surface area (Å²) in [4.78, 5) is 21.9. The number of aromatic nitrogens is 2. The van der Waals surface area contributed by atoms with Crippen molar-refractivity contribution in [1.82, 2.24) is 15.3 Å². The highest BCUT2D eigenvalue weighted by Gasteiger charge is 2.45. The standard InChI is InChI=1S/C20H22N4O2/c21-18-17-15(22-16(23-18)6-3-11-1-2-11)10-20(24-19(17)26)8-7-12-9-13(25)4-5-14(12)20/h4-5,9,11,25H,1-3,6-8,10H2,(H,24,26)(H2,21,22,23)/t20-/m0/s1. The van der Waals surface area contributed by atoms with Gasteiger partial charge in [0.2, 0.25) is 0 Å². The Morgan fingerprint density at radius 3 is 2.96 bits per heavy atom. The number of aryl methyl sites for hydroxylation is 2. The van der Waals surface area contributed by atoms with Gasteiger partial charge in [-0.2, -0.15) is 0 Å². The van der Waals surface area contributed by atoms with E-state index >= 15 is 0 Å². The van der Waals surface area contributed by atoms with Crippen LogP contribution in [0.3, 0.4) is 0 Å². The van der Waals surface area contributed by atoms with Crippen molar-refractivity contribution in [2.75, 3.05) is 5.73 Å². The molecule has 1 aromatic carbocycles. The number of amides is 1. The Morgan fingerprint density at radius 1 is 1.31 bits per heavy atom. The number of carbonyl (C=O) groups is 1. The maximum Gasteiger partial charge on any atom is 0.257 e. The first-order chi connectivity index (χ1) is 12.5. The number of aromatic hydroxyl groups is 1. The van der Waals surface area contributed by atoms with Crippen molar-refractivity contribution in [3.05, 3.63) is 46.4 Å². The average Bonchev–Trinajstić information content (AvgIpc) is 3.36. The number of hydrogen-bond acceptors (Lipinski definition) is 5. The lowest BCUT2D eigenvalue weighted by molar-refractivity contribution is 0.0874. The summed E-state index contributed by atoms with van der Waals surface area (Å²) in [5.41, 5.74) is 9.00. The molecule has 3 aliphatic rings. The first kappa shape index (κ1) is 15.6. The molecular weight excluding hydrogens is 328 g/mol. The average molecular weight is 350 g/mol. The lowest BCUT2D eigenvalue weighted by atomic mass is 9.82. The SMILES string of the molecule is Nc1nc(CCC2CC2)nc2c1C(=O)N[C@@]1(CCc3cc(O)ccc31)C2. The largest absolute Gasteiger partial charge is 0.508 e. The summed E-state index contributed by atoms with van der Waals surface area (Å²) in [6, 6.07) is 5.39. The van der Waals surface area contributed by atoms with Crippen LogP contribution in [0.1, 0.15) is 58.7 Å². The number of nitrogens with zero attached hydrogens (tertiary/aromatic N) is 2. The molecule has 26 heavy (non-hydrogen) atoms. The summed E-state index contributed by atoms with van der Waals surface area (Å²) in [6.07, 6.45) is 6.77. The number of phenols is 1. The maximum atomic E-state index is 12.8. The Kier molecular flexibility index (Phi) is 3.26. The molecule has 1 spiro atoms. The smallest absolute Gasteiger partial charge is 0.257 e. The van der Waals surface area contributed by atoms with E-state index in [1.54, 1.807) is 12.1 Å². The molecule has 0 radical (unpaired) electrons. The van der Waals surface area contributed by atoms with Gasteiger partial charge in [0, 0.05) is 12.8 Å². The van der Waals surface area contributed by atoms with Gasteiger partial charge in [-0.1, -0.05) is 18.9 Å². The van der Waals surface area contributed by atoms with Crippen LogP contribution in [0.5, 0.6) is 5.75 Å². The molecule has 0 saturated heterocycles. The van der Waals surface area contributed by atoms with Crippen LogP contribution in [0.4, 0.5) is 5.82 Å². The van der Waals surface area contributed by atoms with E-state index in [9.17, 15) is 9.90 Å². The van der Waals surface area contributed by atoms with Gasteiger partial charge in [0.15, 0.2) is 0 Å². The Labute approximate surface area is 151 Å². The minimum absolute atomic E-state index is 0.196. The van der Waals surface area contributed by atoms with E-state index in [0.717, 1.165) is 54.2 Å². The molecular formula is C20H22N4O2. The fourth-order valence-corrected chi connectivity index (χ4v) is 4.47. The van der Waals surface area contributed by atoms with Crippen LogP contribution < -0.4 is 11.1 Å². The van der Waals surface area contributed by atoms with Crippen LogP contribution in [-0.2, 0) is 24.8 Å². The predicted molar refractivity (Wildman–Crippen MR) is 96.8 cm³/mol. The highest BCUT2D eigenvalue weighted by Crippen LogP contribution is 2.43. The van der Waals surface area contributed by atoms with Gasteiger partial charge in [-0.3, -0.25) is 4.79 Å². The van der Waals surface area contributed by atoms with Gasteiger partial charge < -0.3 is 16.2 Å². The monoisotopic (exact) mass is 350 g/mol. The number of hydrogen-bond donors (Lipinski definition) is 3. The van der Waals surface area contributed by atoms with E-state index in [4.69, 9.17) is 10.7 Å². The Morgan fingerprint density at radius 2 is 2.15 bits per heavy atom. The number of benzene rings is 1. The number of nitrogens with two attached hydrogens (primary N) is 1. The second kappa shape index (κ2) is 5.43. The number of nitrogen functional groups attached to an aromatic ring is 1. The van der Waals surface area contributed by atoms with Gasteiger partial charge >= 0.3 is 0 Å². The number of carbonyl (C=O) groups excluding carboxylic acids is 1. The van der Waals surface area contributed by atoms with E-state index in [2.05, 4.69) is 10.3 Å². The van der Waals surface area contributed by atoms with E-state index in [-0.39, 0.29) is 17.5 Å². The molecule has 4 N–H and O–H groups in total. The van der Waals surface area contributed by atoms with E-state index < -0.39 is 5.54 Å². The summed E-state index contributed by atoms with van der Waals surface area (Å²) >= 11 is 0. The number of fused-ring (bicyclic) bond motifs is 3. The Balaban J connectivity index is 1.53. The molecule has 2 aliphatic carbocycles. The number of rotatable bonds is 3. The van der Waals surface area contributed by atoms with Crippen molar-refractivity contribution in [1.29, 1.82) is 0 Å². The third-order valence-electron chi connectivity index (χ3n) is 6.01. The normalized spacial score (nSPS) is 23.6. The molecule has 2 aromatic rings. The fraction of sp³-hybridized carbons (Fsp3) is 0.450. The van der Waals surface area contributed by atoms with Crippen molar-refractivity contribution in [3.8, 4) is 5.75 Å². The number of nitrogens with one attached hydrogen (secondary N) is 1. The Hall–Kier alpha value is -2.63. The second-order valence-electron chi connectivity index (χ2n) is 7.88. The van der Waals surface area contributed by atoms with Gasteiger partial charge in [-0.05, 0) is 48.4 Å². The molecule has 0 bridgehead atoms. The summed E-state index contributed by atoms with van der Waals surface area (Å²) < 4.78 is 0. The molecule has 2 heterocycles. The predicted octanol–water partition coefficient (Wildman–Crippen LogP) is 2.23. The summed E-state index contributed by atoms with van der Waals surface area (Å²) in [5.74, 6) is 1.91. The van der Waals surface area contributed by atoms with Crippen molar-refractivity contribution in [2.24, 2.45) is 5.92 Å². The highest BCUT2D eigenvalue weighted by atomic mass is 16.3. The van der Waals surface area contributed by atoms with Crippen LogP contribution in [0, 0.1) is 5.92 Å². The number of anilines is 1. The van der Waals surface area contributed by atoms with Gasteiger partial charge in [-0.25, -0.2) is 9.97 Å². The van der Waals surface area contributed by atoms with Crippen LogP contribution >= 0.6 is 0 Å². The molecule has 1 atom stereocenters. The Bertz CT molecular complexity index is 922. The molecule has 1 aromatic heterocycles. The van der Waals surface area contributed by atoms with Gasteiger partial charge in [0.1, 0.15) is 23.0 Å². The molecule has 0 unspecified atom stereocenters. The summed E-state index contributed by atoms with van der Waals surface area (Å²) in [7, 11) is 0. The van der Waals surface area contributed by atoms with E-state index in [1.807, 2.05) is 6.07 Å². The maximum absolute atomic E-state index is 12.8. The van der Waals surface area contributed by atoms with Crippen molar-refractivity contribution >= 4 is 11.7 Å². The van der Waals surface area contributed by atoms with Gasteiger partial charge in [0.25, 0.3) is 5.91 Å². The zero-order chi connectivity index (χ0) is 17.9. The topological polar surface area (TPSA) is 101 Å². The lowest BCUT2D eigenvalue weighted by Gasteiger charge is -2.36. The molecule has 6 nitrogen and oxygen atoms in total. The van der Waals surface area contributed by atoms with Gasteiger partial charge in [0.05, 0.1) is 11.2 Å². The molecule has 1 fully saturated rings. The van der Waals surface area contributed by atoms with Crippen LogP contribution in [-0.4, -0.2) is 21.0 Å². The van der Waals surface area contributed by atoms with E-state index in [1.165, 1.54) is 12.8 Å². The summed E-state index contributed by atoms with van der Waals surface area (Å²) in [6.45, 7) is 0. The van der Waals surface area contributed by atoms with Crippen LogP contribution in [0.2, 0.25) is 0 Å². The molecule has 1 saturated carbocycles. The van der Waals surface area contributed by atoms with Gasteiger partial charge in [-0.15, -0.1) is 0 Å². The molecule has 1 amide bonds. The first-order valence-corrected chi connectivity index (χ1v) is 9.34. The zero-order valence-electron chi connectivity index (χ0n) is 14.6. The minimum Gasteiger partial charge on any atom is -0.508 e. The van der Waals surface area contributed by atoms with Crippen molar-refractivity contribution in [3.63, 3.8) is 0 Å². The molecule has 134 valence electrons. The summed E-state index contributed by atoms with van der Waals surface area (Å²) in [5, 5.41) is 12.9. The first-order valence-electron chi connectivity index (χ1n) is 9.34. The molecule has 6 heteroatoms. The minimum atomic E-state index is -0.457. The number of phenolic OH excluding ortho intramolecular Hbond substituents is 1. The second-order valence-corrected chi connectivity index (χ2v) is 7.88. The van der Waals surface area contributed by atoms with Crippen LogP contribution in [0.25, 0.3) is 0 Å². The third-order valence-corrected chi connectivity index (χ3v) is 6.01. The van der Waals surface area contributed by atoms with Crippen LogP contribution in [0.15, 0.2) is 18.2 Å². The van der Waals surface area contributed by atoms with Crippen molar-refractivity contribution < 1.29 is 9.90 Å². The van der Waals surface area contributed by atoms with E-state index in [0.29, 0.717) is 12.0 Å². The van der Waals surface area contributed by atoms with Crippen molar-refractivity contribution in [2.45, 2.75) is 50.5 Å². The molecule has 1 aliphatic heterocycles.